The van der Waals surface area contributed by atoms with Gasteiger partial charge in [-0.15, -0.1) is 0 Å². The summed E-state index contributed by atoms with van der Waals surface area (Å²) in [4.78, 5) is 2.15. The summed E-state index contributed by atoms with van der Waals surface area (Å²) in [6, 6.07) is 10.6. The van der Waals surface area contributed by atoms with Crippen molar-refractivity contribution in [3.05, 3.63) is 30.3 Å². The van der Waals surface area contributed by atoms with Gasteiger partial charge in [0.25, 0.3) is 0 Å². The molecule has 2 nitrogen and oxygen atoms in total. The molecule has 0 aliphatic heterocycles. The van der Waals surface area contributed by atoms with Crippen LogP contribution >= 0.6 is 0 Å². The van der Waals surface area contributed by atoms with Crippen LogP contribution in [0.15, 0.2) is 30.3 Å². The Kier molecular flexibility index (Phi) is 4.51. The van der Waals surface area contributed by atoms with E-state index in [0.717, 1.165) is 13.2 Å². The molecule has 0 unspecified atom stereocenters. The zero-order valence-corrected chi connectivity index (χ0v) is 11.2. The lowest BCUT2D eigenvalue weighted by Crippen LogP contribution is -2.45. The third-order valence-corrected chi connectivity index (χ3v) is 5.12. The van der Waals surface area contributed by atoms with E-state index in [1.165, 1.54) is 5.19 Å². The summed E-state index contributed by atoms with van der Waals surface area (Å²) in [6.45, 7) is 6.31. The van der Waals surface area contributed by atoms with Gasteiger partial charge in [-0.1, -0.05) is 30.3 Å². The molecular weight excluding hydrogens is 202 g/mol. The van der Waals surface area contributed by atoms with E-state index in [4.69, 9.17) is 4.43 Å². The number of hydrogen-bond donors (Lipinski definition) is 0. The van der Waals surface area contributed by atoms with Crippen molar-refractivity contribution >= 4 is 13.5 Å². The molecule has 0 radical (unpaired) electrons. The largest absolute Gasteiger partial charge is 0.412 e. The molecule has 0 aromatic heterocycles. The molecule has 0 N–H and O–H groups in total. The maximum atomic E-state index is 6.02. The van der Waals surface area contributed by atoms with Crippen LogP contribution in [-0.2, 0) is 4.43 Å². The molecule has 0 saturated heterocycles. The van der Waals surface area contributed by atoms with Gasteiger partial charge in [-0.05, 0) is 32.4 Å². The summed E-state index contributed by atoms with van der Waals surface area (Å²) in [6.07, 6.45) is 0. The lowest BCUT2D eigenvalue weighted by molar-refractivity contribution is 0.259. The van der Waals surface area contributed by atoms with Crippen LogP contribution in [-0.4, -0.2) is 40.5 Å². The van der Waals surface area contributed by atoms with Crippen LogP contribution in [0.2, 0.25) is 13.1 Å². The molecular formula is C12H21NOSi. The third kappa shape index (κ3) is 4.16. The van der Waals surface area contributed by atoms with Crippen LogP contribution < -0.4 is 5.19 Å². The molecule has 0 heterocycles. The summed E-state index contributed by atoms with van der Waals surface area (Å²) >= 11 is 0. The minimum absolute atomic E-state index is 0.821. The molecule has 3 heteroatoms. The SMILES string of the molecule is CN(C)CCO[Si](C)(C)c1ccccc1. The third-order valence-electron chi connectivity index (χ3n) is 2.47. The lowest BCUT2D eigenvalue weighted by Gasteiger charge is -2.24. The van der Waals surface area contributed by atoms with E-state index in [2.05, 4.69) is 56.4 Å². The van der Waals surface area contributed by atoms with Gasteiger partial charge in [0.15, 0.2) is 0 Å². The van der Waals surface area contributed by atoms with Gasteiger partial charge in [-0.25, -0.2) is 0 Å². The van der Waals surface area contributed by atoms with Gasteiger partial charge < -0.3 is 9.33 Å². The molecule has 0 aliphatic carbocycles. The van der Waals surface area contributed by atoms with Gasteiger partial charge in [0.1, 0.15) is 0 Å². The smallest absolute Gasteiger partial charge is 0.218 e. The number of likely N-dealkylation sites (N-methyl/N-ethyl adjacent to an activating group) is 1. The summed E-state index contributed by atoms with van der Waals surface area (Å²) < 4.78 is 6.02. The van der Waals surface area contributed by atoms with E-state index in [0.29, 0.717) is 0 Å². The van der Waals surface area contributed by atoms with Crippen molar-refractivity contribution in [3.8, 4) is 0 Å². The molecule has 0 atom stereocenters. The average molecular weight is 223 g/mol. The predicted octanol–water partition coefficient (Wildman–Crippen LogP) is 1.68. The number of benzene rings is 1. The first-order chi connectivity index (χ1) is 7.02. The quantitative estimate of drug-likeness (QED) is 0.704. The maximum Gasteiger partial charge on any atom is 0.218 e. The predicted molar refractivity (Wildman–Crippen MR) is 68.1 cm³/mol. The molecule has 15 heavy (non-hydrogen) atoms. The monoisotopic (exact) mass is 223 g/mol. The summed E-state index contributed by atoms with van der Waals surface area (Å²) in [5.74, 6) is 0. The average Bonchev–Trinajstić information content (AvgIpc) is 2.18. The highest BCUT2D eigenvalue weighted by Gasteiger charge is 2.24. The van der Waals surface area contributed by atoms with Crippen molar-refractivity contribution in [1.29, 1.82) is 0 Å². The van der Waals surface area contributed by atoms with E-state index < -0.39 is 8.32 Å². The molecule has 1 aromatic carbocycles. The molecule has 0 bridgehead atoms. The van der Waals surface area contributed by atoms with Crippen LogP contribution in [0.4, 0.5) is 0 Å². The Morgan fingerprint density at radius 2 is 1.73 bits per heavy atom. The molecule has 0 aliphatic rings. The fraction of sp³-hybridized carbons (Fsp3) is 0.500. The Hall–Kier alpha value is -0.643. The summed E-state index contributed by atoms with van der Waals surface area (Å²) in [7, 11) is 2.47. The minimum Gasteiger partial charge on any atom is -0.412 e. The van der Waals surface area contributed by atoms with E-state index >= 15 is 0 Å². The number of hydrogen-bond acceptors (Lipinski definition) is 2. The van der Waals surface area contributed by atoms with Crippen LogP contribution in [0.25, 0.3) is 0 Å². The Balaban J connectivity index is 2.52. The summed E-state index contributed by atoms with van der Waals surface area (Å²) in [5.41, 5.74) is 0. The van der Waals surface area contributed by atoms with Crippen molar-refractivity contribution in [2.24, 2.45) is 0 Å². The molecule has 0 spiro atoms. The fourth-order valence-electron chi connectivity index (χ4n) is 1.41. The Bertz CT molecular complexity index is 285. The highest BCUT2D eigenvalue weighted by atomic mass is 28.4. The van der Waals surface area contributed by atoms with Crippen molar-refractivity contribution in [1.82, 2.24) is 4.90 Å². The molecule has 1 aromatic rings. The van der Waals surface area contributed by atoms with E-state index in [-0.39, 0.29) is 0 Å². The topological polar surface area (TPSA) is 12.5 Å². The van der Waals surface area contributed by atoms with Crippen LogP contribution in [0.3, 0.4) is 0 Å². The molecule has 84 valence electrons. The second-order valence-corrected chi connectivity index (χ2v) is 8.41. The van der Waals surface area contributed by atoms with Gasteiger partial charge in [-0.2, -0.15) is 0 Å². The molecule has 0 saturated carbocycles. The second kappa shape index (κ2) is 5.44. The Labute approximate surface area is 94.0 Å². The van der Waals surface area contributed by atoms with E-state index in [1.807, 2.05) is 6.07 Å². The van der Waals surface area contributed by atoms with Gasteiger partial charge in [-0.3, -0.25) is 0 Å². The van der Waals surface area contributed by atoms with Gasteiger partial charge in [0, 0.05) is 13.2 Å². The van der Waals surface area contributed by atoms with E-state index in [1.54, 1.807) is 0 Å². The van der Waals surface area contributed by atoms with Gasteiger partial charge >= 0.3 is 0 Å². The lowest BCUT2D eigenvalue weighted by atomic mass is 10.4. The first-order valence-corrected chi connectivity index (χ1v) is 8.27. The van der Waals surface area contributed by atoms with Gasteiger partial charge in [0.2, 0.25) is 8.32 Å². The van der Waals surface area contributed by atoms with E-state index in [9.17, 15) is 0 Å². The van der Waals surface area contributed by atoms with Crippen LogP contribution in [0.5, 0.6) is 0 Å². The maximum absolute atomic E-state index is 6.02. The van der Waals surface area contributed by atoms with Crippen LogP contribution in [0, 0.1) is 0 Å². The number of nitrogens with zero attached hydrogens (tertiary/aromatic N) is 1. The number of rotatable bonds is 5. The standard InChI is InChI=1S/C12H21NOSi/c1-13(2)10-11-14-15(3,4)12-8-6-5-7-9-12/h5-9H,10-11H2,1-4H3. The first-order valence-electron chi connectivity index (χ1n) is 5.36. The van der Waals surface area contributed by atoms with Crippen molar-refractivity contribution in [2.45, 2.75) is 13.1 Å². The van der Waals surface area contributed by atoms with Gasteiger partial charge in [0.05, 0.1) is 0 Å². The normalized spacial score (nSPS) is 12.1. The van der Waals surface area contributed by atoms with Crippen molar-refractivity contribution < 1.29 is 4.43 Å². The Morgan fingerprint density at radius 1 is 1.13 bits per heavy atom. The first kappa shape index (κ1) is 12.4. The Morgan fingerprint density at radius 3 is 2.27 bits per heavy atom. The second-order valence-electron chi connectivity index (χ2n) is 4.53. The highest BCUT2D eigenvalue weighted by Crippen LogP contribution is 2.04. The van der Waals surface area contributed by atoms with Crippen molar-refractivity contribution in [3.63, 3.8) is 0 Å². The van der Waals surface area contributed by atoms with Crippen LogP contribution in [0.1, 0.15) is 0 Å². The van der Waals surface area contributed by atoms with Crippen molar-refractivity contribution in [2.75, 3.05) is 27.2 Å². The zero-order chi connectivity index (χ0) is 11.3. The molecule has 1 rings (SSSR count). The fourth-order valence-corrected chi connectivity index (χ4v) is 3.17. The summed E-state index contributed by atoms with van der Waals surface area (Å²) in [5, 5.41) is 1.36. The highest BCUT2D eigenvalue weighted by molar-refractivity contribution is 6.84. The molecule has 0 amide bonds. The zero-order valence-electron chi connectivity index (χ0n) is 10.2. The molecule has 0 fully saturated rings. The minimum atomic E-state index is -1.67.